The molecular weight excluding hydrogens is 379 g/mol. The predicted octanol–water partition coefficient (Wildman–Crippen LogP) is 5.72. The monoisotopic (exact) mass is 400 g/mol. The summed E-state index contributed by atoms with van der Waals surface area (Å²) in [5.41, 5.74) is 2.90. The van der Waals surface area contributed by atoms with E-state index in [1.807, 2.05) is 67.6 Å². The van der Waals surface area contributed by atoms with E-state index in [1.54, 1.807) is 18.2 Å². The third-order valence-electron chi connectivity index (χ3n) is 5.17. The highest BCUT2D eigenvalue weighted by Gasteiger charge is 2.27. The van der Waals surface area contributed by atoms with Crippen molar-refractivity contribution in [3.05, 3.63) is 108 Å². The Balaban J connectivity index is 1.91. The first-order valence-corrected chi connectivity index (χ1v) is 9.76. The molecule has 0 amide bonds. The summed E-state index contributed by atoms with van der Waals surface area (Å²) in [4.78, 5) is 12.3. The first-order chi connectivity index (χ1) is 14.6. The molecule has 1 atom stereocenters. The first kappa shape index (κ1) is 19.6. The minimum Gasteiger partial charge on any atom is -0.478 e. The molecule has 4 nitrogen and oxygen atoms in total. The van der Waals surface area contributed by atoms with E-state index in [4.69, 9.17) is 0 Å². The fourth-order valence-electron chi connectivity index (χ4n) is 3.68. The van der Waals surface area contributed by atoms with Crippen LogP contribution in [0.5, 0.6) is 0 Å². The van der Waals surface area contributed by atoms with E-state index >= 15 is 0 Å². The van der Waals surface area contributed by atoms with E-state index in [9.17, 15) is 14.3 Å². The van der Waals surface area contributed by atoms with Crippen LogP contribution in [0.1, 0.15) is 34.5 Å². The lowest BCUT2D eigenvalue weighted by molar-refractivity contribution is 0.0696. The number of carboxylic acids is 1. The number of aromatic nitrogens is 2. The molecule has 4 aromatic rings. The van der Waals surface area contributed by atoms with Crippen LogP contribution >= 0.6 is 0 Å². The molecule has 0 aliphatic heterocycles. The normalized spacial score (nSPS) is 11.9. The van der Waals surface area contributed by atoms with Crippen LogP contribution in [0.2, 0.25) is 0 Å². The molecule has 1 N–H and O–H groups in total. The molecule has 30 heavy (non-hydrogen) atoms. The maximum Gasteiger partial charge on any atom is 0.339 e. The fourth-order valence-corrected chi connectivity index (χ4v) is 3.68. The Labute approximate surface area is 174 Å². The molecule has 0 aliphatic rings. The molecule has 5 heteroatoms. The Morgan fingerprint density at radius 2 is 1.57 bits per heavy atom. The maximum absolute atomic E-state index is 14.6. The van der Waals surface area contributed by atoms with E-state index in [-0.39, 0.29) is 17.2 Å². The predicted molar refractivity (Wildman–Crippen MR) is 114 cm³/mol. The third kappa shape index (κ3) is 3.74. The summed E-state index contributed by atoms with van der Waals surface area (Å²) in [5, 5.41) is 14.7. The summed E-state index contributed by atoms with van der Waals surface area (Å²) in [6, 6.07) is 25.3. The van der Waals surface area contributed by atoms with Crippen LogP contribution in [-0.2, 0) is 6.42 Å². The standard InChI is InChI=1S/C25H21FN2O2/c1-17(18-10-4-2-5-11-18)16-21-23(25(29)30)24(19-12-6-3-7-13-19)28(27-21)22-15-9-8-14-20(22)26/h2-15,17H,16H2,1H3,(H,29,30). The summed E-state index contributed by atoms with van der Waals surface area (Å²) >= 11 is 0. The lowest BCUT2D eigenvalue weighted by Crippen LogP contribution is -2.06. The number of para-hydroxylation sites is 1. The van der Waals surface area contributed by atoms with Crippen LogP contribution in [0.4, 0.5) is 4.39 Å². The van der Waals surface area contributed by atoms with Crippen LogP contribution in [0.3, 0.4) is 0 Å². The van der Waals surface area contributed by atoms with Crippen molar-refractivity contribution in [1.29, 1.82) is 0 Å². The van der Waals surface area contributed by atoms with Crippen molar-refractivity contribution in [2.75, 3.05) is 0 Å². The largest absolute Gasteiger partial charge is 0.478 e. The van der Waals surface area contributed by atoms with Gasteiger partial charge in [-0.1, -0.05) is 79.7 Å². The van der Waals surface area contributed by atoms with Crippen molar-refractivity contribution in [1.82, 2.24) is 9.78 Å². The number of hydrogen-bond donors (Lipinski definition) is 1. The number of nitrogens with zero attached hydrogens (tertiary/aromatic N) is 2. The lowest BCUT2D eigenvalue weighted by atomic mass is 9.94. The van der Waals surface area contributed by atoms with Gasteiger partial charge in [-0.15, -0.1) is 0 Å². The highest BCUT2D eigenvalue weighted by Crippen LogP contribution is 2.32. The number of rotatable bonds is 6. The smallest absolute Gasteiger partial charge is 0.339 e. The Morgan fingerprint density at radius 3 is 2.20 bits per heavy atom. The number of carboxylic acid groups (broad SMARTS) is 1. The summed E-state index contributed by atoms with van der Waals surface area (Å²) in [5.74, 6) is -1.49. The van der Waals surface area contributed by atoms with Gasteiger partial charge in [-0.3, -0.25) is 0 Å². The van der Waals surface area contributed by atoms with Crippen molar-refractivity contribution >= 4 is 5.97 Å². The molecule has 0 spiro atoms. The van der Waals surface area contributed by atoms with Gasteiger partial charge in [-0.2, -0.15) is 5.10 Å². The second-order valence-electron chi connectivity index (χ2n) is 7.22. The zero-order valence-electron chi connectivity index (χ0n) is 16.5. The summed E-state index contributed by atoms with van der Waals surface area (Å²) in [6.07, 6.45) is 0.424. The average molecular weight is 400 g/mol. The topological polar surface area (TPSA) is 55.1 Å². The quantitative estimate of drug-likeness (QED) is 0.450. The molecule has 0 saturated heterocycles. The van der Waals surface area contributed by atoms with Crippen LogP contribution in [0.15, 0.2) is 84.9 Å². The number of halogens is 1. The van der Waals surface area contributed by atoms with Crippen LogP contribution in [0.25, 0.3) is 16.9 Å². The molecule has 0 radical (unpaired) electrons. The van der Waals surface area contributed by atoms with Gasteiger partial charge in [0, 0.05) is 5.56 Å². The molecule has 150 valence electrons. The molecular formula is C25H21FN2O2. The SMILES string of the molecule is CC(Cc1nn(-c2ccccc2F)c(-c2ccccc2)c1C(=O)O)c1ccccc1. The number of aromatic carboxylic acids is 1. The van der Waals surface area contributed by atoms with Crippen LogP contribution in [0, 0.1) is 5.82 Å². The van der Waals surface area contributed by atoms with Crippen molar-refractivity contribution in [3.63, 3.8) is 0 Å². The summed E-state index contributed by atoms with van der Waals surface area (Å²) < 4.78 is 16.1. The van der Waals surface area contributed by atoms with Gasteiger partial charge in [-0.05, 0) is 30.0 Å². The molecule has 3 aromatic carbocycles. The van der Waals surface area contributed by atoms with Gasteiger partial charge in [0.05, 0.1) is 11.4 Å². The number of carbonyl (C=O) groups is 1. The minimum absolute atomic E-state index is 0.0527. The lowest BCUT2D eigenvalue weighted by Gasteiger charge is -2.10. The molecule has 0 saturated carbocycles. The van der Waals surface area contributed by atoms with Crippen LogP contribution < -0.4 is 0 Å². The van der Waals surface area contributed by atoms with Crippen molar-refractivity contribution < 1.29 is 14.3 Å². The van der Waals surface area contributed by atoms with E-state index in [1.165, 1.54) is 10.7 Å². The van der Waals surface area contributed by atoms with E-state index in [0.29, 0.717) is 23.4 Å². The van der Waals surface area contributed by atoms with Gasteiger partial charge in [0.15, 0.2) is 0 Å². The molecule has 0 aliphatic carbocycles. The molecule has 1 aromatic heterocycles. The van der Waals surface area contributed by atoms with E-state index in [0.717, 1.165) is 5.56 Å². The highest BCUT2D eigenvalue weighted by molar-refractivity contribution is 5.96. The Morgan fingerprint density at radius 1 is 0.967 bits per heavy atom. The third-order valence-corrected chi connectivity index (χ3v) is 5.17. The minimum atomic E-state index is -1.08. The van der Waals surface area contributed by atoms with Gasteiger partial charge >= 0.3 is 5.97 Å². The van der Waals surface area contributed by atoms with Gasteiger partial charge < -0.3 is 5.11 Å². The van der Waals surface area contributed by atoms with E-state index in [2.05, 4.69) is 5.10 Å². The second kappa shape index (κ2) is 8.33. The van der Waals surface area contributed by atoms with Crippen LogP contribution in [-0.4, -0.2) is 20.9 Å². The zero-order valence-corrected chi connectivity index (χ0v) is 16.5. The average Bonchev–Trinajstić information content (AvgIpc) is 3.14. The number of benzene rings is 3. The molecule has 4 rings (SSSR count). The zero-order chi connectivity index (χ0) is 21.1. The second-order valence-corrected chi connectivity index (χ2v) is 7.22. The fraction of sp³-hybridized carbons (Fsp3) is 0.120. The molecule has 0 fully saturated rings. The summed E-state index contributed by atoms with van der Waals surface area (Å²) in [6.45, 7) is 2.03. The van der Waals surface area contributed by atoms with Crippen molar-refractivity contribution in [3.8, 4) is 16.9 Å². The number of hydrogen-bond acceptors (Lipinski definition) is 2. The molecule has 1 unspecified atom stereocenters. The first-order valence-electron chi connectivity index (χ1n) is 9.76. The maximum atomic E-state index is 14.6. The van der Waals surface area contributed by atoms with Gasteiger partial charge in [0.1, 0.15) is 17.1 Å². The molecule has 1 heterocycles. The van der Waals surface area contributed by atoms with Crippen molar-refractivity contribution in [2.45, 2.75) is 19.3 Å². The molecule has 0 bridgehead atoms. The van der Waals surface area contributed by atoms with Gasteiger partial charge in [-0.25, -0.2) is 13.9 Å². The van der Waals surface area contributed by atoms with Gasteiger partial charge in [0.2, 0.25) is 0 Å². The van der Waals surface area contributed by atoms with E-state index < -0.39 is 11.8 Å². The van der Waals surface area contributed by atoms with Crippen molar-refractivity contribution in [2.24, 2.45) is 0 Å². The Kier molecular flexibility index (Phi) is 5.44. The Bertz CT molecular complexity index is 1170. The highest BCUT2D eigenvalue weighted by atomic mass is 19.1. The van der Waals surface area contributed by atoms with Gasteiger partial charge in [0.25, 0.3) is 0 Å². The Hall–Kier alpha value is -3.73. The summed E-state index contributed by atoms with van der Waals surface area (Å²) in [7, 11) is 0.